The zero-order valence-corrected chi connectivity index (χ0v) is 34.0. The van der Waals surface area contributed by atoms with Crippen molar-refractivity contribution in [2.45, 2.75) is 76.5 Å². The Morgan fingerprint density at radius 3 is 2.19 bits per heavy atom. The fraction of sp³-hybridized carbons (Fsp3) is 0.378. The number of hydrogen-bond acceptors (Lipinski definition) is 8. The van der Waals surface area contributed by atoms with Crippen molar-refractivity contribution < 1.29 is 28.7 Å². The Kier molecular flexibility index (Phi) is 12.0. The number of aromatic nitrogens is 4. The van der Waals surface area contributed by atoms with Gasteiger partial charge < -0.3 is 39.9 Å². The fourth-order valence-corrected chi connectivity index (χ4v) is 8.17. The van der Waals surface area contributed by atoms with Gasteiger partial charge in [-0.15, -0.1) is 0 Å². The Morgan fingerprint density at radius 2 is 1.51 bits per heavy atom. The minimum absolute atomic E-state index is 0.114. The average Bonchev–Trinajstić information content (AvgIpc) is 4.10. The van der Waals surface area contributed by atoms with Crippen molar-refractivity contribution in [3.63, 3.8) is 0 Å². The Bertz CT molecular complexity index is 2380. The van der Waals surface area contributed by atoms with E-state index >= 15 is 0 Å². The van der Waals surface area contributed by atoms with Gasteiger partial charge in [0.15, 0.2) is 0 Å². The molecule has 0 saturated carbocycles. The molecule has 306 valence electrons. The molecule has 4 heterocycles. The molecule has 0 spiro atoms. The van der Waals surface area contributed by atoms with Gasteiger partial charge in [-0.2, -0.15) is 0 Å². The van der Waals surface area contributed by atoms with E-state index in [1.165, 1.54) is 14.2 Å². The monoisotopic (exact) mass is 798 g/mol. The highest BCUT2D eigenvalue weighted by Crippen LogP contribution is 2.38. The highest BCUT2D eigenvalue weighted by atomic mass is 16.5. The highest BCUT2D eigenvalue weighted by molar-refractivity contribution is 5.92. The molecule has 0 aliphatic carbocycles. The molecule has 2 aliphatic heterocycles. The molecule has 2 fully saturated rings. The number of nitrogens with zero attached hydrogens (tertiary/aromatic N) is 4. The average molecular weight is 799 g/mol. The van der Waals surface area contributed by atoms with E-state index in [1.54, 1.807) is 11.1 Å². The molecule has 5 aromatic rings. The van der Waals surface area contributed by atoms with Gasteiger partial charge in [-0.25, -0.2) is 19.6 Å². The van der Waals surface area contributed by atoms with Crippen molar-refractivity contribution in [2.75, 3.05) is 27.3 Å². The van der Waals surface area contributed by atoms with E-state index in [4.69, 9.17) is 14.5 Å². The lowest BCUT2D eigenvalue weighted by molar-refractivity contribution is -0.140. The minimum atomic E-state index is -1.30. The summed E-state index contributed by atoms with van der Waals surface area (Å²) in [5, 5.41) is 5.56. The van der Waals surface area contributed by atoms with Gasteiger partial charge in [0.1, 0.15) is 23.2 Å². The molecule has 7 rings (SSSR count). The number of H-pyrrole nitrogens is 2. The molecule has 59 heavy (non-hydrogen) atoms. The van der Waals surface area contributed by atoms with Crippen LogP contribution < -0.4 is 10.6 Å². The number of fused-ring (bicyclic) bond motifs is 1. The molecule has 3 aromatic carbocycles. The third kappa shape index (κ3) is 8.37. The van der Waals surface area contributed by atoms with Crippen molar-refractivity contribution in [3.8, 4) is 23.1 Å². The second-order valence-corrected chi connectivity index (χ2v) is 15.3. The molecule has 2 aromatic heterocycles. The number of rotatable bonds is 10. The van der Waals surface area contributed by atoms with Crippen LogP contribution in [0.4, 0.5) is 9.59 Å². The number of imidazole rings is 2. The van der Waals surface area contributed by atoms with E-state index in [2.05, 4.69) is 37.4 Å². The highest BCUT2D eigenvalue weighted by Gasteiger charge is 2.47. The molecular formula is C45H50N8O6. The van der Waals surface area contributed by atoms with Crippen LogP contribution in [-0.2, 0) is 24.6 Å². The summed E-state index contributed by atoms with van der Waals surface area (Å²) in [5.41, 5.74) is 4.39. The Morgan fingerprint density at radius 1 is 0.847 bits per heavy atom. The molecule has 2 aliphatic rings. The molecule has 14 nitrogen and oxygen atoms in total. The Hall–Kier alpha value is -6.62. The van der Waals surface area contributed by atoms with Crippen molar-refractivity contribution in [1.29, 1.82) is 0 Å². The van der Waals surface area contributed by atoms with E-state index < -0.39 is 23.8 Å². The molecule has 4 amide bonds. The minimum Gasteiger partial charge on any atom is -0.453 e. The summed E-state index contributed by atoms with van der Waals surface area (Å²) in [6.45, 7) is 6.79. The fourth-order valence-electron chi connectivity index (χ4n) is 8.17. The number of benzene rings is 3. The van der Waals surface area contributed by atoms with Crippen molar-refractivity contribution in [3.05, 3.63) is 107 Å². The second-order valence-electron chi connectivity index (χ2n) is 15.3. The maximum atomic E-state index is 14.5. The molecule has 14 heteroatoms. The molecular weight excluding hydrogens is 749 g/mol. The number of amides is 4. The van der Waals surface area contributed by atoms with Gasteiger partial charge in [-0.05, 0) is 79.5 Å². The van der Waals surface area contributed by atoms with Gasteiger partial charge in [0.25, 0.3) is 5.91 Å². The number of ether oxygens (including phenoxy) is 2. The normalized spacial score (nSPS) is 17.9. The molecule has 4 atom stereocenters. The van der Waals surface area contributed by atoms with Crippen LogP contribution in [0.25, 0.3) is 22.3 Å². The van der Waals surface area contributed by atoms with E-state index in [0.717, 1.165) is 59.1 Å². The van der Waals surface area contributed by atoms with E-state index in [0.29, 0.717) is 36.7 Å². The Labute approximate surface area is 343 Å². The van der Waals surface area contributed by atoms with Gasteiger partial charge in [0.05, 0.1) is 49.2 Å². The number of hydrogen-bond donors (Lipinski definition) is 4. The van der Waals surface area contributed by atoms with Gasteiger partial charge in [-0.1, -0.05) is 75.1 Å². The second kappa shape index (κ2) is 17.5. The van der Waals surface area contributed by atoms with Crippen LogP contribution >= 0.6 is 0 Å². The first-order valence-corrected chi connectivity index (χ1v) is 20.1. The summed E-state index contributed by atoms with van der Waals surface area (Å²) in [5.74, 6) is 7.46. The molecule has 0 radical (unpaired) electrons. The molecule has 0 unspecified atom stereocenters. The predicted molar refractivity (Wildman–Crippen MR) is 222 cm³/mol. The third-order valence-electron chi connectivity index (χ3n) is 11.4. The predicted octanol–water partition coefficient (Wildman–Crippen LogP) is 6.72. The maximum Gasteiger partial charge on any atom is 0.407 e. The topological polar surface area (TPSA) is 175 Å². The number of carbonyl (C=O) groups excluding carboxylic acids is 4. The van der Waals surface area contributed by atoms with Gasteiger partial charge in [-0.3, -0.25) is 9.59 Å². The number of methoxy groups -OCH3 is 2. The number of likely N-dealkylation sites (tertiary alicyclic amines) is 2. The number of aromatic amines is 2. The maximum absolute atomic E-state index is 14.5. The van der Waals surface area contributed by atoms with E-state index in [-0.39, 0.29) is 29.8 Å². The van der Waals surface area contributed by atoms with Crippen LogP contribution in [0.2, 0.25) is 0 Å². The molecule has 0 bridgehead atoms. The largest absolute Gasteiger partial charge is 0.453 e. The zero-order chi connectivity index (χ0) is 41.7. The van der Waals surface area contributed by atoms with Crippen LogP contribution in [0.15, 0.2) is 79.0 Å². The third-order valence-corrected chi connectivity index (χ3v) is 11.4. The SMILES string of the molecule is CC[C@@](NC(=O)OC)(C(=O)N1CCC[C@H]1c1nc2ccc(C#Cc3ccc(-c4cnc([C@@H]5CCCN5C(=O)[C@@H](NC(=O)OC)C(C)C)[nH]4)cc3)cc2[nH]1)c1ccccc1. The first-order chi connectivity index (χ1) is 28.5. The van der Waals surface area contributed by atoms with Crippen molar-refractivity contribution >= 4 is 35.0 Å². The first kappa shape index (κ1) is 40.6. The van der Waals surface area contributed by atoms with E-state index in [1.807, 2.05) is 98.5 Å². The molecule has 2 saturated heterocycles. The first-order valence-electron chi connectivity index (χ1n) is 20.1. The number of nitrogens with one attached hydrogen (secondary N) is 4. The summed E-state index contributed by atoms with van der Waals surface area (Å²) in [6.07, 6.45) is 3.95. The van der Waals surface area contributed by atoms with Gasteiger partial charge in [0.2, 0.25) is 5.91 Å². The van der Waals surface area contributed by atoms with Crippen LogP contribution in [0.5, 0.6) is 0 Å². The smallest absolute Gasteiger partial charge is 0.407 e. The lowest BCUT2D eigenvalue weighted by Crippen LogP contribution is -2.57. The van der Waals surface area contributed by atoms with Gasteiger partial charge in [0, 0.05) is 24.2 Å². The zero-order valence-electron chi connectivity index (χ0n) is 34.0. The lowest BCUT2D eigenvalue weighted by Gasteiger charge is -2.37. The summed E-state index contributed by atoms with van der Waals surface area (Å²) in [6, 6.07) is 21.8. The lowest BCUT2D eigenvalue weighted by atomic mass is 9.85. The standard InChI is InChI=1S/C45H50N8O6/c1-6-45(51-44(57)59-5,32-12-8-7-9-13-32)42(55)53-25-11-15-37(53)40-47-33-23-20-30(26-34(33)48-40)17-16-29-18-21-31(22-19-29)35-27-46-39(49-35)36-14-10-24-52(36)41(54)38(28(2)3)50-43(56)58-4/h7-9,12-13,18-23,26-28,36-38H,6,10-11,14-15,24-25H2,1-5H3,(H,46,49)(H,47,48)(H,50,56)(H,51,57)/t36-,37-,38-,45-/m0/s1. The number of alkyl carbamates (subject to hydrolysis) is 2. The van der Waals surface area contributed by atoms with Crippen molar-refractivity contribution in [1.82, 2.24) is 40.4 Å². The summed E-state index contributed by atoms with van der Waals surface area (Å²) < 4.78 is 9.70. The quantitative estimate of drug-likeness (QED) is 0.113. The van der Waals surface area contributed by atoms with Crippen LogP contribution in [-0.4, -0.2) is 87.1 Å². The van der Waals surface area contributed by atoms with E-state index in [9.17, 15) is 19.2 Å². The van der Waals surface area contributed by atoms with Crippen LogP contribution in [0.3, 0.4) is 0 Å². The van der Waals surface area contributed by atoms with Crippen LogP contribution in [0, 0.1) is 17.8 Å². The van der Waals surface area contributed by atoms with Gasteiger partial charge >= 0.3 is 12.2 Å². The van der Waals surface area contributed by atoms with Crippen molar-refractivity contribution in [2.24, 2.45) is 5.92 Å². The molecule has 4 N–H and O–H groups in total. The Balaban J connectivity index is 1.04. The van der Waals surface area contributed by atoms with Crippen LogP contribution in [0.1, 0.15) is 93.3 Å². The number of carbonyl (C=O) groups is 4. The summed E-state index contributed by atoms with van der Waals surface area (Å²) in [7, 11) is 2.58. The summed E-state index contributed by atoms with van der Waals surface area (Å²) in [4.78, 5) is 72.6. The summed E-state index contributed by atoms with van der Waals surface area (Å²) >= 11 is 0.